The number of fused-ring (bicyclic) bond motifs is 1. The van der Waals surface area contributed by atoms with Crippen molar-refractivity contribution in [3.05, 3.63) is 29.6 Å². The van der Waals surface area contributed by atoms with Gasteiger partial charge in [0, 0.05) is 6.54 Å². The molecule has 1 aromatic carbocycles. The van der Waals surface area contributed by atoms with Crippen molar-refractivity contribution in [3.8, 4) is 0 Å². The van der Waals surface area contributed by atoms with E-state index in [1.165, 1.54) is 0 Å². The maximum atomic E-state index is 11.5. The lowest BCUT2D eigenvalue weighted by molar-refractivity contribution is -0.143. The predicted octanol–water partition coefficient (Wildman–Crippen LogP) is 3.60. The number of benzene rings is 1. The zero-order valence-corrected chi connectivity index (χ0v) is 12.8. The minimum absolute atomic E-state index is 0.199. The summed E-state index contributed by atoms with van der Waals surface area (Å²) in [5.74, 6) is 0.589. The van der Waals surface area contributed by atoms with Crippen LogP contribution in [0.5, 0.6) is 0 Å². The number of carbonyl (C=O) groups is 1. The van der Waals surface area contributed by atoms with Crippen LogP contribution in [0.25, 0.3) is 11.0 Å². The SMILES string of the molecule is CCOC(=O)CCn1c(C(C)Cl)nc2cc(C)ccc21. The van der Waals surface area contributed by atoms with Crippen molar-refractivity contribution < 1.29 is 9.53 Å². The molecule has 0 saturated heterocycles. The first-order valence-electron chi connectivity index (χ1n) is 6.79. The molecule has 1 aromatic heterocycles. The van der Waals surface area contributed by atoms with Gasteiger partial charge in [-0.2, -0.15) is 0 Å². The molecule has 0 aliphatic heterocycles. The van der Waals surface area contributed by atoms with Crippen LogP contribution in [0.15, 0.2) is 18.2 Å². The minimum Gasteiger partial charge on any atom is -0.466 e. The molecule has 0 fully saturated rings. The Kier molecular flexibility index (Phi) is 4.65. The van der Waals surface area contributed by atoms with Crippen LogP contribution in [0, 0.1) is 6.92 Å². The van der Waals surface area contributed by atoms with Gasteiger partial charge in [0.2, 0.25) is 0 Å². The van der Waals surface area contributed by atoms with Crippen LogP contribution in [0.2, 0.25) is 0 Å². The van der Waals surface area contributed by atoms with E-state index in [2.05, 4.69) is 4.98 Å². The summed E-state index contributed by atoms with van der Waals surface area (Å²) < 4.78 is 6.97. The Bertz CT molecular complexity index is 620. The molecule has 0 spiro atoms. The number of esters is 1. The van der Waals surface area contributed by atoms with Gasteiger partial charge in [-0.25, -0.2) is 4.98 Å². The number of alkyl halides is 1. The van der Waals surface area contributed by atoms with Gasteiger partial charge in [-0.3, -0.25) is 4.79 Å². The second-order valence-corrected chi connectivity index (χ2v) is 5.44. The van der Waals surface area contributed by atoms with Crippen LogP contribution in [0.4, 0.5) is 0 Å². The standard InChI is InChI=1S/C15H19ClN2O2/c1-4-20-14(19)7-8-18-13-6-5-10(2)9-12(13)17-15(18)11(3)16/h5-6,9,11H,4,7-8H2,1-3H3. The summed E-state index contributed by atoms with van der Waals surface area (Å²) in [6, 6.07) is 6.08. The molecule has 2 rings (SSSR count). The molecule has 0 aliphatic carbocycles. The third kappa shape index (κ3) is 3.12. The maximum Gasteiger partial charge on any atom is 0.307 e. The van der Waals surface area contributed by atoms with E-state index in [4.69, 9.17) is 16.3 Å². The average Bonchev–Trinajstić information content (AvgIpc) is 2.74. The first-order chi connectivity index (χ1) is 9.52. The van der Waals surface area contributed by atoms with Crippen molar-refractivity contribution in [1.82, 2.24) is 9.55 Å². The number of halogens is 1. The lowest BCUT2D eigenvalue weighted by atomic mass is 10.2. The Labute approximate surface area is 123 Å². The second kappa shape index (κ2) is 6.27. The molecule has 5 heteroatoms. The number of ether oxygens (including phenoxy) is 1. The number of hydrogen-bond acceptors (Lipinski definition) is 3. The number of nitrogens with zero attached hydrogens (tertiary/aromatic N) is 2. The molecular formula is C15H19ClN2O2. The third-order valence-corrected chi connectivity index (χ3v) is 3.33. The molecule has 1 unspecified atom stereocenters. The van der Waals surface area contributed by atoms with Gasteiger partial charge in [0.05, 0.1) is 29.4 Å². The van der Waals surface area contributed by atoms with E-state index in [0.717, 1.165) is 22.4 Å². The maximum absolute atomic E-state index is 11.5. The first-order valence-corrected chi connectivity index (χ1v) is 7.23. The fourth-order valence-corrected chi connectivity index (χ4v) is 2.40. The fourth-order valence-electron chi connectivity index (χ4n) is 2.23. The van der Waals surface area contributed by atoms with Crippen LogP contribution in [0.1, 0.15) is 37.0 Å². The van der Waals surface area contributed by atoms with E-state index >= 15 is 0 Å². The van der Waals surface area contributed by atoms with Crippen LogP contribution < -0.4 is 0 Å². The van der Waals surface area contributed by atoms with Gasteiger partial charge in [0.15, 0.2) is 0 Å². The molecule has 1 heterocycles. The Morgan fingerprint density at radius 1 is 1.50 bits per heavy atom. The average molecular weight is 295 g/mol. The van der Waals surface area contributed by atoms with Crippen molar-refractivity contribution in [1.29, 1.82) is 0 Å². The van der Waals surface area contributed by atoms with Crippen molar-refractivity contribution in [2.45, 2.75) is 39.1 Å². The fraction of sp³-hybridized carbons (Fsp3) is 0.467. The van der Waals surface area contributed by atoms with Gasteiger partial charge in [0.1, 0.15) is 5.82 Å². The van der Waals surface area contributed by atoms with Crippen molar-refractivity contribution in [2.75, 3.05) is 6.61 Å². The quantitative estimate of drug-likeness (QED) is 0.625. The Morgan fingerprint density at radius 3 is 2.90 bits per heavy atom. The summed E-state index contributed by atoms with van der Waals surface area (Å²) in [5.41, 5.74) is 3.07. The molecule has 1 atom stereocenters. The first kappa shape index (κ1) is 14.9. The molecular weight excluding hydrogens is 276 g/mol. The molecule has 0 amide bonds. The number of carbonyl (C=O) groups excluding carboxylic acids is 1. The third-order valence-electron chi connectivity index (χ3n) is 3.13. The summed E-state index contributed by atoms with van der Waals surface area (Å²) in [5, 5.41) is -0.204. The van der Waals surface area contributed by atoms with Crippen molar-refractivity contribution in [2.24, 2.45) is 0 Å². The largest absolute Gasteiger partial charge is 0.466 e. The highest BCUT2D eigenvalue weighted by Gasteiger charge is 2.16. The second-order valence-electron chi connectivity index (χ2n) is 4.78. The normalized spacial score (nSPS) is 12.6. The number of aryl methyl sites for hydroxylation is 2. The molecule has 0 radical (unpaired) electrons. The molecule has 0 saturated carbocycles. The monoisotopic (exact) mass is 294 g/mol. The molecule has 0 aliphatic rings. The van der Waals surface area contributed by atoms with E-state index < -0.39 is 0 Å². The summed E-state index contributed by atoms with van der Waals surface area (Å²) in [6.07, 6.45) is 0.323. The number of rotatable bonds is 5. The number of imidazole rings is 1. The zero-order valence-electron chi connectivity index (χ0n) is 12.0. The van der Waals surface area contributed by atoms with E-state index in [1.54, 1.807) is 6.92 Å². The number of aromatic nitrogens is 2. The summed E-state index contributed by atoms with van der Waals surface area (Å²) >= 11 is 6.20. The van der Waals surface area contributed by atoms with E-state index in [9.17, 15) is 4.79 Å². The Balaban J connectivity index is 2.34. The van der Waals surface area contributed by atoms with E-state index in [0.29, 0.717) is 19.6 Å². The molecule has 108 valence electrons. The minimum atomic E-state index is -0.204. The molecule has 0 bridgehead atoms. The van der Waals surface area contributed by atoms with Crippen LogP contribution >= 0.6 is 11.6 Å². The molecule has 20 heavy (non-hydrogen) atoms. The predicted molar refractivity (Wildman–Crippen MR) is 80.0 cm³/mol. The molecule has 4 nitrogen and oxygen atoms in total. The van der Waals surface area contributed by atoms with Gasteiger partial charge in [-0.05, 0) is 38.5 Å². The zero-order chi connectivity index (χ0) is 14.7. The smallest absolute Gasteiger partial charge is 0.307 e. The van der Waals surface area contributed by atoms with Gasteiger partial charge in [0.25, 0.3) is 0 Å². The lowest BCUT2D eigenvalue weighted by Crippen LogP contribution is -2.11. The van der Waals surface area contributed by atoms with Gasteiger partial charge in [-0.1, -0.05) is 6.07 Å². The van der Waals surface area contributed by atoms with Gasteiger partial charge < -0.3 is 9.30 Å². The van der Waals surface area contributed by atoms with E-state index in [1.807, 2.05) is 36.6 Å². The van der Waals surface area contributed by atoms with Gasteiger partial charge >= 0.3 is 5.97 Å². The number of hydrogen-bond donors (Lipinski definition) is 0. The molecule has 2 aromatic rings. The molecule has 0 N–H and O–H groups in total. The van der Waals surface area contributed by atoms with Crippen LogP contribution in [-0.2, 0) is 16.1 Å². The van der Waals surface area contributed by atoms with Crippen molar-refractivity contribution in [3.63, 3.8) is 0 Å². The van der Waals surface area contributed by atoms with E-state index in [-0.39, 0.29) is 11.3 Å². The van der Waals surface area contributed by atoms with Crippen molar-refractivity contribution >= 4 is 28.6 Å². The highest BCUT2D eigenvalue weighted by atomic mass is 35.5. The Morgan fingerprint density at radius 2 is 2.25 bits per heavy atom. The van der Waals surface area contributed by atoms with Gasteiger partial charge in [-0.15, -0.1) is 11.6 Å². The lowest BCUT2D eigenvalue weighted by Gasteiger charge is -2.10. The summed E-state index contributed by atoms with van der Waals surface area (Å²) in [6.45, 7) is 6.66. The summed E-state index contributed by atoms with van der Waals surface area (Å²) in [7, 11) is 0. The topological polar surface area (TPSA) is 44.1 Å². The van der Waals surface area contributed by atoms with Crippen LogP contribution in [0.3, 0.4) is 0 Å². The highest BCUT2D eigenvalue weighted by molar-refractivity contribution is 6.20. The Hall–Kier alpha value is -1.55. The highest BCUT2D eigenvalue weighted by Crippen LogP contribution is 2.25. The summed E-state index contributed by atoms with van der Waals surface area (Å²) in [4.78, 5) is 16.1. The van der Waals surface area contributed by atoms with Crippen LogP contribution in [-0.4, -0.2) is 22.1 Å².